The van der Waals surface area contributed by atoms with Gasteiger partial charge < -0.3 is 9.47 Å². The molecule has 0 saturated carbocycles. The standard InChI is InChI=1S/C23H24N4O4S/c1-3-4-13-31-20(28)15-32-23-25-24-22-26(14-16-9-5-8-12-19(16)30-2)21(29)17-10-6-7-11-18(17)27(22)23/h5-12H,3-4,13-15H2,1-2H3. The molecule has 0 radical (unpaired) electrons. The van der Waals surface area contributed by atoms with Crippen molar-refractivity contribution in [2.45, 2.75) is 31.5 Å². The van der Waals surface area contributed by atoms with Crippen LogP contribution in [-0.2, 0) is 16.1 Å². The first kappa shape index (κ1) is 21.9. The predicted octanol–water partition coefficient (Wildman–Crippen LogP) is 3.54. The van der Waals surface area contributed by atoms with Crippen molar-refractivity contribution in [3.8, 4) is 5.75 Å². The van der Waals surface area contributed by atoms with Crippen molar-refractivity contribution >= 4 is 34.4 Å². The lowest BCUT2D eigenvalue weighted by atomic mass is 10.2. The maximum absolute atomic E-state index is 13.3. The van der Waals surface area contributed by atoms with Crippen LogP contribution >= 0.6 is 11.8 Å². The lowest BCUT2D eigenvalue weighted by molar-refractivity contribution is -0.140. The van der Waals surface area contributed by atoms with Gasteiger partial charge in [0.15, 0.2) is 5.16 Å². The van der Waals surface area contributed by atoms with Crippen LogP contribution in [0.5, 0.6) is 5.75 Å². The Kier molecular flexibility index (Phi) is 6.75. The van der Waals surface area contributed by atoms with Crippen LogP contribution in [0.3, 0.4) is 0 Å². The van der Waals surface area contributed by atoms with Crippen molar-refractivity contribution in [1.82, 2.24) is 19.2 Å². The van der Waals surface area contributed by atoms with Crippen molar-refractivity contribution in [2.24, 2.45) is 0 Å². The fourth-order valence-corrected chi connectivity index (χ4v) is 4.21. The van der Waals surface area contributed by atoms with E-state index in [0.29, 0.717) is 34.2 Å². The Morgan fingerprint density at radius 2 is 1.88 bits per heavy atom. The molecule has 0 amide bonds. The smallest absolute Gasteiger partial charge is 0.316 e. The lowest BCUT2D eigenvalue weighted by Crippen LogP contribution is -2.24. The first-order valence-corrected chi connectivity index (χ1v) is 11.4. The van der Waals surface area contributed by atoms with Crippen LogP contribution in [-0.4, -0.2) is 44.6 Å². The number of thioether (sulfide) groups is 1. The summed E-state index contributed by atoms with van der Waals surface area (Å²) in [7, 11) is 1.60. The molecular weight excluding hydrogens is 428 g/mol. The first-order chi connectivity index (χ1) is 15.6. The molecule has 166 valence electrons. The van der Waals surface area contributed by atoms with Crippen LogP contribution in [0.15, 0.2) is 58.5 Å². The van der Waals surface area contributed by atoms with Crippen molar-refractivity contribution in [3.05, 3.63) is 64.4 Å². The second-order valence-corrected chi connectivity index (χ2v) is 8.14. The highest BCUT2D eigenvalue weighted by molar-refractivity contribution is 7.99. The van der Waals surface area contributed by atoms with Crippen LogP contribution in [0.25, 0.3) is 16.7 Å². The van der Waals surface area contributed by atoms with Crippen molar-refractivity contribution < 1.29 is 14.3 Å². The number of fused-ring (bicyclic) bond motifs is 3. The zero-order valence-electron chi connectivity index (χ0n) is 18.0. The number of nitrogens with zero attached hydrogens (tertiary/aromatic N) is 4. The number of carbonyl (C=O) groups is 1. The molecule has 0 spiro atoms. The van der Waals surface area contributed by atoms with Gasteiger partial charge in [0.05, 0.1) is 36.9 Å². The summed E-state index contributed by atoms with van der Waals surface area (Å²) in [5.41, 5.74) is 1.38. The normalized spacial score (nSPS) is 11.2. The van der Waals surface area contributed by atoms with E-state index in [9.17, 15) is 9.59 Å². The average Bonchev–Trinajstić information content (AvgIpc) is 3.25. The van der Waals surface area contributed by atoms with Gasteiger partial charge in [-0.15, -0.1) is 10.2 Å². The molecule has 0 unspecified atom stereocenters. The van der Waals surface area contributed by atoms with E-state index >= 15 is 0 Å². The number of unbranched alkanes of at least 4 members (excludes halogenated alkanes) is 1. The highest BCUT2D eigenvalue weighted by Crippen LogP contribution is 2.24. The van der Waals surface area contributed by atoms with Gasteiger partial charge in [-0.25, -0.2) is 0 Å². The number of benzene rings is 2. The van der Waals surface area contributed by atoms with Gasteiger partial charge in [-0.2, -0.15) is 0 Å². The molecule has 0 N–H and O–H groups in total. The van der Waals surface area contributed by atoms with E-state index in [-0.39, 0.29) is 23.8 Å². The van der Waals surface area contributed by atoms with Gasteiger partial charge in [-0.1, -0.05) is 55.4 Å². The monoisotopic (exact) mass is 452 g/mol. The highest BCUT2D eigenvalue weighted by Gasteiger charge is 2.18. The molecule has 2 heterocycles. The number of hydrogen-bond donors (Lipinski definition) is 0. The molecule has 8 nitrogen and oxygen atoms in total. The summed E-state index contributed by atoms with van der Waals surface area (Å²) < 4.78 is 14.1. The molecule has 2 aromatic heterocycles. The van der Waals surface area contributed by atoms with E-state index < -0.39 is 0 Å². The maximum atomic E-state index is 13.3. The lowest BCUT2D eigenvalue weighted by Gasteiger charge is -2.13. The molecule has 2 aromatic carbocycles. The largest absolute Gasteiger partial charge is 0.496 e. The third-order valence-corrected chi connectivity index (χ3v) is 5.98. The van der Waals surface area contributed by atoms with E-state index in [4.69, 9.17) is 9.47 Å². The van der Waals surface area contributed by atoms with Crippen LogP contribution in [0, 0.1) is 0 Å². The average molecular weight is 453 g/mol. The fraction of sp³-hybridized carbons (Fsp3) is 0.304. The van der Waals surface area contributed by atoms with Crippen LogP contribution in [0.4, 0.5) is 0 Å². The molecule has 0 aliphatic rings. The van der Waals surface area contributed by atoms with Crippen molar-refractivity contribution in [2.75, 3.05) is 19.5 Å². The van der Waals surface area contributed by atoms with Gasteiger partial charge in [0.2, 0.25) is 5.78 Å². The fourth-order valence-electron chi connectivity index (χ4n) is 3.47. The SMILES string of the molecule is CCCCOC(=O)CSc1nnc2n(Cc3ccccc3OC)c(=O)c3ccccc3n12. The molecule has 4 rings (SSSR count). The summed E-state index contributed by atoms with van der Waals surface area (Å²) >= 11 is 1.24. The van der Waals surface area contributed by atoms with Crippen molar-refractivity contribution in [1.29, 1.82) is 0 Å². The number of aromatic nitrogens is 4. The molecule has 0 saturated heterocycles. The van der Waals surface area contributed by atoms with Gasteiger partial charge in [0.1, 0.15) is 5.75 Å². The molecule has 0 fully saturated rings. The Balaban J connectivity index is 1.76. The quantitative estimate of drug-likeness (QED) is 0.218. The Morgan fingerprint density at radius 1 is 1.09 bits per heavy atom. The van der Waals surface area contributed by atoms with Gasteiger partial charge >= 0.3 is 5.97 Å². The summed E-state index contributed by atoms with van der Waals surface area (Å²) in [6.07, 6.45) is 1.80. The van der Waals surface area contributed by atoms with Crippen LogP contribution in [0.1, 0.15) is 25.3 Å². The molecule has 4 aromatic rings. The van der Waals surface area contributed by atoms with Crippen LogP contribution in [0.2, 0.25) is 0 Å². The number of carbonyl (C=O) groups excluding carboxylic acids is 1. The molecule has 32 heavy (non-hydrogen) atoms. The number of hydrogen-bond acceptors (Lipinski definition) is 7. The summed E-state index contributed by atoms with van der Waals surface area (Å²) in [5, 5.41) is 9.64. The minimum Gasteiger partial charge on any atom is -0.496 e. The molecule has 0 bridgehead atoms. The molecule has 0 aliphatic heterocycles. The van der Waals surface area contributed by atoms with E-state index in [1.807, 2.05) is 53.8 Å². The Labute approximate surface area is 189 Å². The van der Waals surface area contributed by atoms with Gasteiger partial charge in [-0.05, 0) is 24.6 Å². The molecule has 0 atom stereocenters. The number of ether oxygens (including phenoxy) is 2. The predicted molar refractivity (Wildman–Crippen MR) is 123 cm³/mol. The number of para-hydroxylation sites is 2. The number of rotatable bonds is 9. The van der Waals surface area contributed by atoms with Gasteiger partial charge in [0.25, 0.3) is 5.56 Å². The number of methoxy groups -OCH3 is 1. The molecular formula is C23H24N4O4S. The van der Waals surface area contributed by atoms with E-state index in [1.165, 1.54) is 11.8 Å². The third kappa shape index (κ3) is 4.34. The third-order valence-electron chi connectivity index (χ3n) is 5.08. The Bertz CT molecular complexity index is 1310. The van der Waals surface area contributed by atoms with E-state index in [0.717, 1.165) is 18.4 Å². The van der Waals surface area contributed by atoms with Gasteiger partial charge in [-0.3, -0.25) is 18.6 Å². The summed E-state index contributed by atoms with van der Waals surface area (Å²) in [6, 6.07) is 14.9. The zero-order valence-corrected chi connectivity index (χ0v) is 18.8. The topological polar surface area (TPSA) is 87.7 Å². The molecule has 0 aliphatic carbocycles. The van der Waals surface area contributed by atoms with Gasteiger partial charge in [0, 0.05) is 5.56 Å². The highest BCUT2D eigenvalue weighted by atomic mass is 32.2. The number of esters is 1. The second kappa shape index (κ2) is 9.86. The molecule has 9 heteroatoms. The maximum Gasteiger partial charge on any atom is 0.316 e. The van der Waals surface area contributed by atoms with E-state index in [2.05, 4.69) is 10.2 Å². The van der Waals surface area contributed by atoms with Crippen LogP contribution < -0.4 is 10.3 Å². The summed E-state index contributed by atoms with van der Waals surface area (Å²) in [5.74, 6) is 0.910. The minimum absolute atomic E-state index is 0.116. The minimum atomic E-state index is -0.299. The second-order valence-electron chi connectivity index (χ2n) is 7.20. The Morgan fingerprint density at radius 3 is 2.69 bits per heavy atom. The summed E-state index contributed by atoms with van der Waals surface area (Å²) in [4.78, 5) is 25.4. The summed E-state index contributed by atoms with van der Waals surface area (Å²) in [6.45, 7) is 2.73. The Hall–Kier alpha value is -3.33. The van der Waals surface area contributed by atoms with Crippen molar-refractivity contribution in [3.63, 3.8) is 0 Å². The zero-order chi connectivity index (χ0) is 22.5. The van der Waals surface area contributed by atoms with E-state index in [1.54, 1.807) is 17.7 Å². The first-order valence-electron chi connectivity index (χ1n) is 10.4.